The molecule has 0 aromatic carbocycles. The van der Waals surface area contributed by atoms with Gasteiger partial charge < -0.3 is 10.6 Å². The molecule has 2 rings (SSSR count). The molecule has 0 bridgehead atoms. The molecule has 5 heteroatoms. The highest BCUT2D eigenvalue weighted by molar-refractivity contribution is 5.93. The molecule has 104 valence electrons. The summed E-state index contributed by atoms with van der Waals surface area (Å²) in [5.74, 6) is 0.00277. The second kappa shape index (κ2) is 6.77. The predicted octanol–water partition coefficient (Wildman–Crippen LogP) is 1.44. The zero-order chi connectivity index (χ0) is 14.4. The summed E-state index contributed by atoms with van der Waals surface area (Å²) in [4.78, 5) is 10.6. The third-order valence-electron chi connectivity index (χ3n) is 3.03. The number of aromatic nitrogens is 2. The summed E-state index contributed by atoms with van der Waals surface area (Å²) in [5.41, 5.74) is 8.18. The standard InChI is InChI=1S/C15H19N5/c1-20(9-6-13-4-2-3-7-18-13)11-12-5-8-19-14(10-12)15(16)17/h2-5,7-8,10H,6,9,11H2,1H3,(H3,16,17). The van der Waals surface area contributed by atoms with Gasteiger partial charge in [-0.25, -0.2) is 0 Å². The van der Waals surface area contributed by atoms with Gasteiger partial charge in [0.25, 0.3) is 0 Å². The van der Waals surface area contributed by atoms with Gasteiger partial charge in [-0.2, -0.15) is 0 Å². The fourth-order valence-corrected chi connectivity index (χ4v) is 1.96. The minimum atomic E-state index is 0.00277. The number of nitrogens with zero attached hydrogens (tertiary/aromatic N) is 3. The molecule has 0 unspecified atom stereocenters. The summed E-state index contributed by atoms with van der Waals surface area (Å²) in [5, 5.41) is 7.40. The van der Waals surface area contributed by atoms with Crippen LogP contribution >= 0.6 is 0 Å². The van der Waals surface area contributed by atoms with Crippen molar-refractivity contribution in [3.63, 3.8) is 0 Å². The summed E-state index contributed by atoms with van der Waals surface area (Å²) < 4.78 is 0. The summed E-state index contributed by atoms with van der Waals surface area (Å²) in [7, 11) is 2.07. The van der Waals surface area contributed by atoms with Gasteiger partial charge >= 0.3 is 0 Å². The van der Waals surface area contributed by atoms with Gasteiger partial charge in [-0.15, -0.1) is 0 Å². The van der Waals surface area contributed by atoms with E-state index in [9.17, 15) is 0 Å². The first-order chi connectivity index (χ1) is 9.65. The van der Waals surface area contributed by atoms with E-state index in [0.717, 1.165) is 30.8 Å². The lowest BCUT2D eigenvalue weighted by molar-refractivity contribution is 0.330. The van der Waals surface area contributed by atoms with E-state index in [2.05, 4.69) is 21.9 Å². The summed E-state index contributed by atoms with van der Waals surface area (Å²) in [6.45, 7) is 1.73. The van der Waals surface area contributed by atoms with Gasteiger partial charge in [0.1, 0.15) is 11.5 Å². The number of hydrogen-bond donors (Lipinski definition) is 2. The molecule has 0 aliphatic heterocycles. The molecule has 0 saturated heterocycles. The Hall–Kier alpha value is -2.27. The topological polar surface area (TPSA) is 78.9 Å². The van der Waals surface area contributed by atoms with Crippen LogP contribution < -0.4 is 5.73 Å². The second-order valence-electron chi connectivity index (χ2n) is 4.77. The van der Waals surface area contributed by atoms with Crippen LogP contribution in [0.1, 0.15) is 17.0 Å². The van der Waals surface area contributed by atoms with Crippen LogP contribution in [-0.4, -0.2) is 34.3 Å². The van der Waals surface area contributed by atoms with Crippen molar-refractivity contribution in [1.82, 2.24) is 14.9 Å². The molecule has 0 spiro atoms. The largest absolute Gasteiger partial charge is 0.382 e. The van der Waals surface area contributed by atoms with Gasteiger partial charge in [-0.05, 0) is 36.9 Å². The van der Waals surface area contributed by atoms with Crippen molar-refractivity contribution in [2.75, 3.05) is 13.6 Å². The van der Waals surface area contributed by atoms with Gasteiger partial charge in [-0.1, -0.05) is 6.07 Å². The smallest absolute Gasteiger partial charge is 0.141 e. The molecule has 20 heavy (non-hydrogen) atoms. The van der Waals surface area contributed by atoms with Crippen molar-refractivity contribution in [3.8, 4) is 0 Å². The van der Waals surface area contributed by atoms with Crippen LogP contribution in [0.2, 0.25) is 0 Å². The molecule has 2 heterocycles. The number of pyridine rings is 2. The molecular formula is C15H19N5. The van der Waals surface area contributed by atoms with Crippen LogP contribution in [0.5, 0.6) is 0 Å². The van der Waals surface area contributed by atoms with Gasteiger partial charge in [0, 0.05) is 37.6 Å². The van der Waals surface area contributed by atoms with Gasteiger partial charge in [0.15, 0.2) is 0 Å². The highest BCUT2D eigenvalue weighted by atomic mass is 15.1. The molecule has 0 atom stereocenters. The Kier molecular flexibility index (Phi) is 4.79. The molecule has 0 radical (unpaired) electrons. The van der Waals surface area contributed by atoms with Crippen LogP contribution in [0.4, 0.5) is 0 Å². The van der Waals surface area contributed by atoms with Crippen LogP contribution in [0.15, 0.2) is 42.7 Å². The quantitative estimate of drug-likeness (QED) is 0.614. The SMILES string of the molecule is CN(CCc1ccccn1)Cc1ccnc(C(=N)N)c1. The van der Waals surface area contributed by atoms with E-state index in [1.54, 1.807) is 6.20 Å². The van der Waals surface area contributed by atoms with E-state index < -0.39 is 0 Å². The number of rotatable bonds is 6. The Labute approximate surface area is 119 Å². The highest BCUT2D eigenvalue weighted by Gasteiger charge is 2.04. The van der Waals surface area contributed by atoms with Crippen molar-refractivity contribution in [2.24, 2.45) is 5.73 Å². The minimum Gasteiger partial charge on any atom is -0.382 e. The van der Waals surface area contributed by atoms with Crippen molar-refractivity contribution in [3.05, 3.63) is 59.7 Å². The summed E-state index contributed by atoms with van der Waals surface area (Å²) in [6.07, 6.45) is 4.43. The predicted molar refractivity (Wildman–Crippen MR) is 79.5 cm³/mol. The zero-order valence-electron chi connectivity index (χ0n) is 11.6. The molecule has 0 aliphatic rings. The number of amidine groups is 1. The third kappa shape index (κ3) is 4.13. The monoisotopic (exact) mass is 269 g/mol. The number of nitrogens with two attached hydrogens (primary N) is 1. The van der Waals surface area contributed by atoms with Crippen molar-refractivity contribution in [2.45, 2.75) is 13.0 Å². The summed E-state index contributed by atoms with van der Waals surface area (Å²) in [6, 6.07) is 9.77. The Morgan fingerprint density at radius 1 is 1.25 bits per heavy atom. The van der Waals surface area contributed by atoms with Gasteiger partial charge in [0.2, 0.25) is 0 Å². The van der Waals surface area contributed by atoms with E-state index in [1.165, 1.54) is 0 Å². The fraction of sp³-hybridized carbons (Fsp3) is 0.267. The van der Waals surface area contributed by atoms with Crippen LogP contribution in [0, 0.1) is 5.41 Å². The highest BCUT2D eigenvalue weighted by Crippen LogP contribution is 2.05. The molecule has 0 aliphatic carbocycles. The first-order valence-corrected chi connectivity index (χ1v) is 6.53. The van der Waals surface area contributed by atoms with E-state index in [4.69, 9.17) is 11.1 Å². The molecule has 2 aromatic heterocycles. The third-order valence-corrected chi connectivity index (χ3v) is 3.03. The molecule has 3 N–H and O–H groups in total. The lowest BCUT2D eigenvalue weighted by Crippen LogP contribution is -2.21. The molecule has 5 nitrogen and oxygen atoms in total. The first-order valence-electron chi connectivity index (χ1n) is 6.53. The maximum Gasteiger partial charge on any atom is 0.141 e. The van der Waals surface area contributed by atoms with Gasteiger partial charge in [0.05, 0.1) is 0 Å². The second-order valence-corrected chi connectivity index (χ2v) is 4.77. The number of nitrogens with one attached hydrogen (secondary N) is 1. The molecule has 0 saturated carbocycles. The fourth-order valence-electron chi connectivity index (χ4n) is 1.96. The van der Waals surface area contributed by atoms with E-state index in [0.29, 0.717) is 5.69 Å². The lowest BCUT2D eigenvalue weighted by atomic mass is 10.2. The molecule has 0 amide bonds. The van der Waals surface area contributed by atoms with Crippen molar-refractivity contribution in [1.29, 1.82) is 5.41 Å². The zero-order valence-corrected chi connectivity index (χ0v) is 11.6. The Balaban J connectivity index is 1.89. The van der Waals surface area contributed by atoms with Crippen LogP contribution in [0.3, 0.4) is 0 Å². The number of hydrogen-bond acceptors (Lipinski definition) is 4. The Morgan fingerprint density at radius 3 is 2.80 bits per heavy atom. The van der Waals surface area contributed by atoms with E-state index in [-0.39, 0.29) is 5.84 Å². The average Bonchev–Trinajstić information content (AvgIpc) is 2.46. The lowest BCUT2D eigenvalue weighted by Gasteiger charge is -2.16. The summed E-state index contributed by atoms with van der Waals surface area (Å²) >= 11 is 0. The van der Waals surface area contributed by atoms with Crippen LogP contribution in [0.25, 0.3) is 0 Å². The first kappa shape index (κ1) is 14.1. The minimum absolute atomic E-state index is 0.00277. The van der Waals surface area contributed by atoms with Crippen molar-refractivity contribution >= 4 is 5.84 Å². The normalized spacial score (nSPS) is 10.7. The van der Waals surface area contributed by atoms with E-state index >= 15 is 0 Å². The maximum absolute atomic E-state index is 7.40. The number of likely N-dealkylation sites (N-methyl/N-ethyl adjacent to an activating group) is 1. The van der Waals surface area contributed by atoms with E-state index in [1.807, 2.05) is 36.5 Å². The molecular weight excluding hydrogens is 250 g/mol. The maximum atomic E-state index is 7.40. The van der Waals surface area contributed by atoms with Crippen LogP contribution in [-0.2, 0) is 13.0 Å². The Bertz CT molecular complexity index is 567. The Morgan fingerprint density at radius 2 is 2.10 bits per heavy atom. The average molecular weight is 269 g/mol. The molecule has 2 aromatic rings. The van der Waals surface area contributed by atoms with Gasteiger partial charge in [-0.3, -0.25) is 15.4 Å². The van der Waals surface area contributed by atoms with Crippen molar-refractivity contribution < 1.29 is 0 Å². The molecule has 0 fully saturated rings. The number of nitrogen functional groups attached to an aromatic ring is 1.